The van der Waals surface area contributed by atoms with Gasteiger partial charge in [0.25, 0.3) is 11.8 Å². The van der Waals surface area contributed by atoms with Crippen LogP contribution in [0.25, 0.3) is 33.5 Å². The zero-order chi connectivity index (χ0) is 44.1. The Balaban J connectivity index is 0.922. The largest absolute Gasteiger partial charge is 0.484 e. The maximum Gasteiger partial charge on any atom is 0.328 e. The molecule has 3 heterocycles. The lowest BCUT2D eigenvalue weighted by Gasteiger charge is -2.26. The minimum atomic E-state index is -1.80. The standard InChI is InChI=1S/C46H45F3N8O5/c1-27-35(20-31(47)21-38(27)54-44(60)34-14-13-30(19-37(34)48)46(2,3)49)42-36-23-39(53-43(36)52-26-51-42)29-11-9-28(10-12-29)24-56(4)17-6-16-50-41(59)25-62-33-8-5-7-32(22-33)57-18-15-40(58)55-45(57)61/h5,7-14,19-23,26H,6,15-18,24-25H2,1-4H3,(H,50,59)(H,54,60)(H,51,52,53)(H,55,58,61). The molecule has 1 aliphatic heterocycles. The molecule has 1 saturated heterocycles. The molecule has 0 aliphatic carbocycles. The Bertz CT molecular complexity index is 2660. The topological polar surface area (TPSA) is 162 Å². The van der Waals surface area contributed by atoms with Crippen molar-refractivity contribution in [1.29, 1.82) is 0 Å². The summed E-state index contributed by atoms with van der Waals surface area (Å²) in [6.07, 6.45) is 2.28. The molecule has 0 bridgehead atoms. The van der Waals surface area contributed by atoms with Crippen molar-refractivity contribution < 1.29 is 37.1 Å². The van der Waals surface area contributed by atoms with Gasteiger partial charge in [-0.2, -0.15) is 0 Å². The van der Waals surface area contributed by atoms with Crippen LogP contribution in [-0.4, -0.2) is 76.9 Å². The van der Waals surface area contributed by atoms with Gasteiger partial charge in [-0.1, -0.05) is 36.4 Å². The van der Waals surface area contributed by atoms with Crippen molar-refractivity contribution >= 4 is 46.2 Å². The van der Waals surface area contributed by atoms with Crippen LogP contribution in [0.1, 0.15) is 53.7 Å². The first-order valence-electron chi connectivity index (χ1n) is 20.0. The van der Waals surface area contributed by atoms with Crippen LogP contribution in [0.3, 0.4) is 0 Å². The smallest absolute Gasteiger partial charge is 0.328 e. The predicted molar refractivity (Wildman–Crippen MR) is 229 cm³/mol. The normalized spacial score (nSPS) is 13.1. The first-order valence-corrected chi connectivity index (χ1v) is 20.0. The van der Waals surface area contributed by atoms with E-state index in [4.69, 9.17) is 4.74 Å². The van der Waals surface area contributed by atoms with E-state index in [1.54, 1.807) is 31.2 Å². The summed E-state index contributed by atoms with van der Waals surface area (Å²) in [7, 11) is 2.00. The first-order chi connectivity index (χ1) is 29.6. The van der Waals surface area contributed by atoms with Crippen LogP contribution in [0, 0.1) is 18.6 Å². The number of hydrogen-bond acceptors (Lipinski definition) is 8. The number of amides is 5. The second kappa shape index (κ2) is 18.3. The number of halogens is 3. The SMILES string of the molecule is Cc1c(NC(=O)c2ccc(C(C)(C)F)cc2F)cc(F)cc1-c1ncnc2[nH]c(-c3ccc(CN(C)CCCNC(=O)COc4cccc(N5CCC(=O)NC5=O)c4)cc3)cc12. The fourth-order valence-electron chi connectivity index (χ4n) is 7.13. The molecule has 0 atom stereocenters. The molecule has 0 radical (unpaired) electrons. The quantitative estimate of drug-likeness (QED) is 0.0762. The number of rotatable bonds is 15. The number of ether oxygens (including phenoxy) is 1. The number of nitrogens with zero attached hydrogens (tertiary/aromatic N) is 4. The van der Waals surface area contributed by atoms with Crippen molar-refractivity contribution in [2.24, 2.45) is 0 Å². The number of nitrogens with one attached hydrogen (secondary N) is 4. The highest BCUT2D eigenvalue weighted by Gasteiger charge is 2.25. The first kappa shape index (κ1) is 43.0. The van der Waals surface area contributed by atoms with Crippen molar-refractivity contribution in [1.82, 2.24) is 30.5 Å². The van der Waals surface area contributed by atoms with E-state index in [0.717, 1.165) is 35.5 Å². The monoisotopic (exact) mass is 846 g/mol. The van der Waals surface area contributed by atoms with Gasteiger partial charge in [-0.3, -0.25) is 24.6 Å². The molecule has 5 amide bonds. The van der Waals surface area contributed by atoms with E-state index >= 15 is 4.39 Å². The summed E-state index contributed by atoms with van der Waals surface area (Å²) < 4.78 is 50.0. The third-order valence-corrected chi connectivity index (χ3v) is 10.5. The van der Waals surface area contributed by atoms with Crippen LogP contribution in [0.5, 0.6) is 5.75 Å². The van der Waals surface area contributed by atoms with E-state index in [-0.39, 0.29) is 48.2 Å². The number of fused-ring (bicyclic) bond motifs is 1. The van der Waals surface area contributed by atoms with Crippen molar-refractivity contribution in [3.8, 4) is 28.3 Å². The molecule has 0 saturated carbocycles. The fraction of sp³-hybridized carbons (Fsp3) is 0.261. The minimum absolute atomic E-state index is 0.0873. The Morgan fingerprint density at radius 3 is 2.52 bits per heavy atom. The van der Waals surface area contributed by atoms with Gasteiger partial charge < -0.3 is 25.3 Å². The number of H-pyrrole nitrogens is 1. The van der Waals surface area contributed by atoms with E-state index in [2.05, 4.69) is 35.8 Å². The van der Waals surface area contributed by atoms with Crippen LogP contribution in [0.4, 0.5) is 29.3 Å². The van der Waals surface area contributed by atoms with Crippen LogP contribution >= 0.6 is 0 Å². The predicted octanol–water partition coefficient (Wildman–Crippen LogP) is 7.80. The number of alkyl halides is 1. The molecule has 16 heteroatoms. The number of carbonyl (C=O) groups is 4. The van der Waals surface area contributed by atoms with Crippen LogP contribution < -0.4 is 25.6 Å². The van der Waals surface area contributed by atoms with E-state index in [1.165, 1.54) is 43.3 Å². The van der Waals surface area contributed by atoms with Crippen LogP contribution in [-0.2, 0) is 21.8 Å². The fourth-order valence-corrected chi connectivity index (χ4v) is 7.13. The molecule has 0 unspecified atom stereocenters. The second-order valence-corrected chi connectivity index (χ2v) is 15.6. The van der Waals surface area contributed by atoms with Gasteiger partial charge >= 0.3 is 6.03 Å². The molecule has 4 aromatic carbocycles. The number of aromatic amines is 1. The zero-order valence-corrected chi connectivity index (χ0v) is 34.6. The van der Waals surface area contributed by atoms with Gasteiger partial charge in [0.15, 0.2) is 6.61 Å². The average molecular weight is 847 g/mol. The van der Waals surface area contributed by atoms with Gasteiger partial charge in [-0.05, 0) is 106 Å². The Morgan fingerprint density at radius 1 is 0.984 bits per heavy atom. The summed E-state index contributed by atoms with van der Waals surface area (Å²) in [5, 5.41) is 8.39. The van der Waals surface area contributed by atoms with Gasteiger partial charge in [0.2, 0.25) is 5.91 Å². The molecule has 62 heavy (non-hydrogen) atoms. The number of aromatic nitrogens is 3. The molecule has 0 spiro atoms. The van der Waals surface area contributed by atoms with Crippen molar-refractivity contribution in [2.75, 3.05) is 43.5 Å². The molecule has 2 aromatic heterocycles. The highest BCUT2D eigenvalue weighted by molar-refractivity contribution is 6.06. The zero-order valence-electron chi connectivity index (χ0n) is 34.6. The second-order valence-electron chi connectivity index (χ2n) is 15.6. The molecule has 1 aliphatic rings. The molecule has 4 N–H and O–H groups in total. The Morgan fingerprint density at radius 2 is 1.77 bits per heavy atom. The number of carbonyl (C=O) groups excluding carboxylic acids is 4. The molecule has 6 aromatic rings. The highest BCUT2D eigenvalue weighted by Crippen LogP contribution is 2.35. The van der Waals surface area contributed by atoms with Crippen molar-refractivity contribution in [2.45, 2.75) is 45.8 Å². The van der Waals surface area contributed by atoms with E-state index in [9.17, 15) is 28.0 Å². The maximum atomic E-state index is 15.1. The lowest BCUT2D eigenvalue weighted by molar-refractivity contribution is -0.123. The molecule has 1 fully saturated rings. The summed E-state index contributed by atoms with van der Waals surface area (Å²) in [6.45, 7) is 6.22. The lowest BCUT2D eigenvalue weighted by Crippen LogP contribution is -2.49. The molecule has 320 valence electrons. The summed E-state index contributed by atoms with van der Waals surface area (Å²) >= 11 is 0. The summed E-state index contributed by atoms with van der Waals surface area (Å²) in [5.41, 5.74) is 3.28. The lowest BCUT2D eigenvalue weighted by atomic mass is 9.98. The number of anilines is 2. The Hall–Kier alpha value is -7.07. The molecule has 7 rings (SSSR count). The maximum absolute atomic E-state index is 15.1. The summed E-state index contributed by atoms with van der Waals surface area (Å²) in [4.78, 5) is 65.0. The Kier molecular flexibility index (Phi) is 12.7. The van der Waals surface area contributed by atoms with Gasteiger partial charge in [0.1, 0.15) is 35.0 Å². The van der Waals surface area contributed by atoms with Crippen molar-refractivity contribution in [3.63, 3.8) is 0 Å². The highest BCUT2D eigenvalue weighted by atomic mass is 19.1. The number of urea groups is 1. The number of benzene rings is 4. The van der Waals surface area contributed by atoms with Crippen molar-refractivity contribution in [3.05, 3.63) is 125 Å². The number of imide groups is 1. The van der Waals surface area contributed by atoms with Gasteiger partial charge in [0, 0.05) is 60.1 Å². The summed E-state index contributed by atoms with van der Waals surface area (Å²) in [6, 6.07) is 22.2. The Labute approximate surface area is 355 Å². The third-order valence-electron chi connectivity index (χ3n) is 10.5. The van der Waals surface area contributed by atoms with E-state index in [1.807, 2.05) is 37.4 Å². The van der Waals surface area contributed by atoms with E-state index in [0.29, 0.717) is 58.8 Å². The van der Waals surface area contributed by atoms with Gasteiger partial charge in [-0.25, -0.2) is 27.9 Å². The van der Waals surface area contributed by atoms with Crippen LogP contribution in [0.15, 0.2) is 91.3 Å². The van der Waals surface area contributed by atoms with Gasteiger partial charge in [0.05, 0.1) is 11.3 Å². The van der Waals surface area contributed by atoms with Gasteiger partial charge in [-0.15, -0.1) is 0 Å². The molecular weight excluding hydrogens is 802 g/mol. The molecule has 13 nitrogen and oxygen atoms in total. The molecular formula is C46H45F3N8O5. The summed E-state index contributed by atoms with van der Waals surface area (Å²) in [5.74, 6) is -2.50. The van der Waals surface area contributed by atoms with Crippen LogP contribution in [0.2, 0.25) is 0 Å². The minimum Gasteiger partial charge on any atom is -0.484 e. The average Bonchev–Trinajstić information content (AvgIpc) is 3.68. The third kappa shape index (κ3) is 10.1. The van der Waals surface area contributed by atoms with E-state index < -0.39 is 29.2 Å². The number of hydrogen-bond donors (Lipinski definition) is 4.